The Labute approximate surface area is 249 Å². The van der Waals surface area contributed by atoms with Crippen LogP contribution in [0.25, 0.3) is 16.9 Å². The number of pyridine rings is 1. The van der Waals surface area contributed by atoms with Crippen LogP contribution >= 0.6 is 0 Å². The van der Waals surface area contributed by atoms with Gasteiger partial charge in [-0.3, -0.25) is 14.6 Å². The minimum absolute atomic E-state index is 0.00299. The zero-order chi connectivity index (χ0) is 31.4. The number of rotatable bonds is 4. The van der Waals surface area contributed by atoms with Gasteiger partial charge in [-0.25, -0.2) is 13.5 Å². The van der Waals surface area contributed by atoms with Crippen molar-refractivity contribution in [2.45, 2.75) is 44.8 Å². The zero-order valence-electron chi connectivity index (χ0n) is 24.0. The van der Waals surface area contributed by atoms with E-state index >= 15 is 0 Å². The molecule has 2 fully saturated rings. The van der Waals surface area contributed by atoms with Crippen LogP contribution in [0.5, 0.6) is 0 Å². The molecule has 7 nitrogen and oxygen atoms in total. The Hall–Kier alpha value is -4.61. The van der Waals surface area contributed by atoms with Crippen molar-refractivity contribution in [1.29, 1.82) is 0 Å². The van der Waals surface area contributed by atoms with Crippen molar-refractivity contribution in [2.75, 3.05) is 24.5 Å². The summed E-state index contributed by atoms with van der Waals surface area (Å²) >= 11 is 0. The molecular formula is C32H28F5N5O2. The number of likely N-dealkylation sites (tertiary alicyclic amines) is 1. The Kier molecular flexibility index (Phi) is 7.25. The van der Waals surface area contributed by atoms with E-state index in [1.807, 2.05) is 13.8 Å². The van der Waals surface area contributed by atoms with E-state index in [9.17, 15) is 31.5 Å². The van der Waals surface area contributed by atoms with Gasteiger partial charge in [-0.2, -0.15) is 18.3 Å². The van der Waals surface area contributed by atoms with Gasteiger partial charge >= 0.3 is 6.18 Å². The molecule has 0 atom stereocenters. The largest absolute Gasteiger partial charge is 0.419 e. The molecule has 2 aromatic heterocycles. The molecule has 6 rings (SSSR count). The highest BCUT2D eigenvalue weighted by molar-refractivity contribution is 5.97. The van der Waals surface area contributed by atoms with Gasteiger partial charge in [0.1, 0.15) is 17.2 Å². The molecule has 0 N–H and O–H groups in total. The molecule has 0 radical (unpaired) electrons. The van der Waals surface area contributed by atoms with Gasteiger partial charge in [0.25, 0.3) is 5.91 Å². The first kappa shape index (κ1) is 29.5. The van der Waals surface area contributed by atoms with Gasteiger partial charge in [-0.1, -0.05) is 0 Å². The molecule has 2 aliphatic heterocycles. The molecule has 12 heteroatoms. The van der Waals surface area contributed by atoms with Crippen molar-refractivity contribution in [3.8, 4) is 16.9 Å². The summed E-state index contributed by atoms with van der Waals surface area (Å²) in [6, 6.07) is 10.2. The van der Waals surface area contributed by atoms with Gasteiger partial charge in [0.15, 0.2) is 11.5 Å². The summed E-state index contributed by atoms with van der Waals surface area (Å²) in [6.07, 6.45) is -0.724. The van der Waals surface area contributed by atoms with Crippen LogP contribution in [0.1, 0.15) is 46.4 Å². The predicted molar refractivity (Wildman–Crippen MR) is 152 cm³/mol. The van der Waals surface area contributed by atoms with E-state index in [-0.39, 0.29) is 36.1 Å². The lowest BCUT2D eigenvalue weighted by Gasteiger charge is -2.45. The second-order valence-corrected chi connectivity index (χ2v) is 11.3. The fourth-order valence-electron chi connectivity index (χ4n) is 6.52. The number of amides is 1. The monoisotopic (exact) mass is 609 g/mol. The molecule has 1 amide bonds. The Bertz CT molecular complexity index is 1740. The summed E-state index contributed by atoms with van der Waals surface area (Å²) in [5.74, 6) is -2.15. The van der Waals surface area contributed by atoms with E-state index < -0.39 is 29.0 Å². The number of Topliss-reactive ketones (excluding diaryl/α,β-unsaturated/α-hetero) is 1. The molecule has 0 aliphatic carbocycles. The number of aromatic nitrogens is 3. The van der Waals surface area contributed by atoms with Gasteiger partial charge in [-0.05, 0) is 80.3 Å². The van der Waals surface area contributed by atoms with Crippen molar-refractivity contribution in [2.24, 2.45) is 0 Å². The number of benzene rings is 2. The number of ketones is 1. The summed E-state index contributed by atoms with van der Waals surface area (Å²) < 4.78 is 69.4. The van der Waals surface area contributed by atoms with Crippen molar-refractivity contribution in [3.05, 3.63) is 94.9 Å². The van der Waals surface area contributed by atoms with Gasteiger partial charge in [-0.15, -0.1) is 0 Å². The average molecular weight is 610 g/mol. The second-order valence-electron chi connectivity index (χ2n) is 11.3. The molecule has 228 valence electrons. The molecular weight excluding hydrogens is 581 g/mol. The quantitative estimate of drug-likeness (QED) is 0.254. The number of nitrogens with zero attached hydrogens (tertiary/aromatic N) is 5. The highest BCUT2D eigenvalue weighted by Gasteiger charge is 2.51. The number of halogens is 5. The average Bonchev–Trinajstić information content (AvgIpc) is 3.55. The molecule has 44 heavy (non-hydrogen) atoms. The van der Waals surface area contributed by atoms with E-state index in [4.69, 9.17) is 0 Å². The van der Waals surface area contributed by atoms with Crippen molar-refractivity contribution < 1.29 is 31.5 Å². The third kappa shape index (κ3) is 5.01. The predicted octanol–water partition coefficient (Wildman–Crippen LogP) is 6.30. The Balaban J connectivity index is 1.30. The third-order valence-electron chi connectivity index (χ3n) is 8.59. The van der Waals surface area contributed by atoms with E-state index in [2.05, 4.69) is 15.0 Å². The lowest BCUT2D eigenvalue weighted by atomic mass is 9.83. The molecule has 1 spiro atoms. The summed E-state index contributed by atoms with van der Waals surface area (Å²) in [5, 5.41) is 4.40. The lowest BCUT2D eigenvalue weighted by molar-refractivity contribution is -0.140. The summed E-state index contributed by atoms with van der Waals surface area (Å²) in [7, 11) is 0. The van der Waals surface area contributed by atoms with E-state index in [0.717, 1.165) is 28.9 Å². The number of carbonyl (C=O) groups excluding carboxylic acids is 2. The van der Waals surface area contributed by atoms with Gasteiger partial charge in [0, 0.05) is 55.8 Å². The highest BCUT2D eigenvalue weighted by Crippen LogP contribution is 2.42. The van der Waals surface area contributed by atoms with E-state index in [1.54, 1.807) is 23.2 Å². The summed E-state index contributed by atoms with van der Waals surface area (Å²) in [4.78, 5) is 34.8. The summed E-state index contributed by atoms with van der Waals surface area (Å²) in [5.41, 5.74) is 0.969. The standard InChI is InChI=1S/C32H28F5N5O2/c1-19-14-22(33)15-20(2)29(19)41-11-7-28(43)31(41)8-12-40(13-9-31)30(44)26-17-27(21-4-3-10-38-18-21)42(39-26)23-5-6-24(25(34)16-23)32(35,36)37/h3-6,10,14-18H,7-9,11-13H2,1-2H3. The van der Waals surface area contributed by atoms with Crippen LogP contribution in [0, 0.1) is 25.5 Å². The first-order chi connectivity index (χ1) is 20.9. The van der Waals surface area contributed by atoms with Crippen LogP contribution in [0.15, 0.2) is 60.9 Å². The molecule has 4 aromatic rings. The molecule has 2 aromatic carbocycles. The minimum atomic E-state index is -4.87. The van der Waals surface area contributed by atoms with Gasteiger partial charge < -0.3 is 9.80 Å². The molecule has 0 bridgehead atoms. The number of alkyl halides is 3. The van der Waals surface area contributed by atoms with Crippen LogP contribution in [-0.4, -0.2) is 56.5 Å². The number of carbonyl (C=O) groups is 2. The van der Waals surface area contributed by atoms with Crippen molar-refractivity contribution in [3.63, 3.8) is 0 Å². The first-order valence-electron chi connectivity index (χ1n) is 14.1. The first-order valence-corrected chi connectivity index (χ1v) is 14.1. The van der Waals surface area contributed by atoms with Crippen LogP contribution in [0.2, 0.25) is 0 Å². The van der Waals surface area contributed by atoms with Crippen LogP contribution in [-0.2, 0) is 11.0 Å². The Morgan fingerprint density at radius 2 is 1.66 bits per heavy atom. The molecule has 2 saturated heterocycles. The smallest absolute Gasteiger partial charge is 0.358 e. The minimum Gasteiger partial charge on any atom is -0.358 e. The Morgan fingerprint density at radius 1 is 0.955 bits per heavy atom. The second kappa shape index (κ2) is 10.8. The number of aryl methyl sites for hydroxylation is 2. The SMILES string of the molecule is Cc1cc(F)cc(C)c1N1CCC(=O)C12CCN(C(=O)c1cc(-c3cccnc3)n(-c3ccc(C(F)(F)F)c(F)c3)n1)CC2. The normalized spacial score (nSPS) is 16.7. The van der Waals surface area contributed by atoms with E-state index in [1.165, 1.54) is 29.1 Å². The highest BCUT2D eigenvalue weighted by atomic mass is 19.4. The topological polar surface area (TPSA) is 71.3 Å². The lowest BCUT2D eigenvalue weighted by Crippen LogP contribution is -2.57. The number of piperidine rings is 1. The number of hydrogen-bond donors (Lipinski definition) is 0. The molecule has 4 heterocycles. The van der Waals surface area contributed by atoms with Crippen LogP contribution in [0.4, 0.5) is 27.6 Å². The van der Waals surface area contributed by atoms with Gasteiger partial charge in [0.2, 0.25) is 0 Å². The Morgan fingerprint density at radius 3 is 2.27 bits per heavy atom. The maximum Gasteiger partial charge on any atom is 0.419 e. The van der Waals surface area contributed by atoms with Crippen LogP contribution in [0.3, 0.4) is 0 Å². The molecule has 0 unspecified atom stereocenters. The number of anilines is 1. The number of hydrogen-bond acceptors (Lipinski definition) is 5. The zero-order valence-corrected chi connectivity index (χ0v) is 24.0. The molecule has 2 aliphatic rings. The fraction of sp³-hybridized carbons (Fsp3) is 0.312. The van der Waals surface area contributed by atoms with E-state index in [0.29, 0.717) is 43.1 Å². The van der Waals surface area contributed by atoms with Crippen molar-refractivity contribution >= 4 is 17.4 Å². The van der Waals surface area contributed by atoms with Crippen molar-refractivity contribution in [1.82, 2.24) is 19.7 Å². The molecule has 0 saturated carbocycles. The van der Waals surface area contributed by atoms with Crippen LogP contribution < -0.4 is 4.90 Å². The maximum atomic E-state index is 14.5. The maximum absolute atomic E-state index is 14.5. The third-order valence-corrected chi connectivity index (χ3v) is 8.59. The van der Waals surface area contributed by atoms with Gasteiger partial charge in [0.05, 0.1) is 16.9 Å². The summed E-state index contributed by atoms with van der Waals surface area (Å²) in [6.45, 7) is 4.65. The fourth-order valence-corrected chi connectivity index (χ4v) is 6.52.